The molecule has 0 spiro atoms. The highest BCUT2D eigenvalue weighted by Gasteiger charge is 2.18. The minimum Gasteiger partial charge on any atom is -0.330 e. The Morgan fingerprint density at radius 1 is 1.41 bits per heavy atom. The van der Waals surface area contributed by atoms with Crippen LogP contribution in [0, 0.1) is 5.41 Å². The Morgan fingerprint density at radius 2 is 2.12 bits per heavy atom. The smallest absolute Gasteiger partial charge is 0.0330 e. The molecule has 1 aromatic heterocycles. The molecule has 2 nitrogen and oxygen atoms in total. The number of nitrogens with zero attached hydrogens (tertiary/aromatic N) is 1. The maximum Gasteiger partial charge on any atom is 0.0330 e. The first-order valence-electron chi connectivity index (χ1n) is 6.41. The van der Waals surface area contributed by atoms with Crippen molar-refractivity contribution >= 4 is 11.3 Å². The molecule has 1 rings (SSSR count). The van der Waals surface area contributed by atoms with Crippen LogP contribution >= 0.6 is 11.3 Å². The van der Waals surface area contributed by atoms with Crippen LogP contribution in [0.3, 0.4) is 0 Å². The van der Waals surface area contributed by atoms with Gasteiger partial charge in [-0.2, -0.15) is 0 Å². The highest BCUT2D eigenvalue weighted by Crippen LogP contribution is 2.21. The van der Waals surface area contributed by atoms with Crippen LogP contribution in [0.5, 0.6) is 0 Å². The topological polar surface area (TPSA) is 29.3 Å². The predicted octanol–water partition coefficient (Wildman–Crippen LogP) is 3.33. The first-order chi connectivity index (χ1) is 7.94. The van der Waals surface area contributed by atoms with Crippen molar-refractivity contribution in [1.82, 2.24) is 4.90 Å². The Balaban J connectivity index is 2.50. The molecule has 0 aliphatic carbocycles. The van der Waals surface area contributed by atoms with Crippen molar-refractivity contribution in [3.05, 3.63) is 22.4 Å². The van der Waals surface area contributed by atoms with E-state index in [1.54, 1.807) is 0 Å². The third kappa shape index (κ3) is 5.19. The fraction of sp³-hybridized carbons (Fsp3) is 0.714. The zero-order valence-corrected chi connectivity index (χ0v) is 12.4. The molecule has 1 heterocycles. The van der Waals surface area contributed by atoms with Crippen molar-refractivity contribution in [1.29, 1.82) is 0 Å². The second kappa shape index (κ2) is 6.53. The summed E-state index contributed by atoms with van der Waals surface area (Å²) in [6.07, 6.45) is 1.16. The van der Waals surface area contributed by atoms with Gasteiger partial charge in [0.15, 0.2) is 0 Å². The molecule has 1 aromatic rings. The van der Waals surface area contributed by atoms with Crippen LogP contribution in [0.25, 0.3) is 0 Å². The molecule has 0 bridgehead atoms. The number of hydrogen-bond acceptors (Lipinski definition) is 3. The number of hydrogen-bond donors (Lipinski definition) is 1. The molecule has 98 valence electrons. The second-order valence-electron chi connectivity index (χ2n) is 5.76. The molecule has 17 heavy (non-hydrogen) atoms. The molecular formula is C14H26N2S. The first kappa shape index (κ1) is 14.7. The minimum absolute atomic E-state index is 0.253. The monoisotopic (exact) mass is 254 g/mol. The predicted molar refractivity (Wildman–Crippen MR) is 77.3 cm³/mol. The van der Waals surface area contributed by atoms with Crippen molar-refractivity contribution in [3.8, 4) is 0 Å². The lowest BCUT2D eigenvalue weighted by Gasteiger charge is -2.30. The van der Waals surface area contributed by atoms with Crippen molar-refractivity contribution in [2.75, 3.05) is 13.1 Å². The van der Waals surface area contributed by atoms with E-state index in [2.05, 4.69) is 50.1 Å². The first-order valence-corrected chi connectivity index (χ1v) is 7.29. The molecule has 0 saturated carbocycles. The number of nitrogens with two attached hydrogens (primary N) is 1. The third-order valence-electron chi connectivity index (χ3n) is 3.30. The van der Waals surface area contributed by atoms with Crippen molar-refractivity contribution in [2.24, 2.45) is 11.1 Å². The quantitative estimate of drug-likeness (QED) is 0.808. The van der Waals surface area contributed by atoms with E-state index in [0.29, 0.717) is 6.04 Å². The zero-order chi connectivity index (χ0) is 12.9. The fourth-order valence-corrected chi connectivity index (χ4v) is 2.40. The van der Waals surface area contributed by atoms with Crippen LogP contribution in [0.2, 0.25) is 0 Å². The summed E-state index contributed by atoms with van der Waals surface area (Å²) in [4.78, 5) is 3.98. The highest BCUT2D eigenvalue weighted by atomic mass is 32.1. The highest BCUT2D eigenvalue weighted by molar-refractivity contribution is 7.09. The molecule has 0 atom stereocenters. The van der Waals surface area contributed by atoms with Gasteiger partial charge in [0.25, 0.3) is 0 Å². The normalized spacial score (nSPS) is 12.6. The molecule has 0 aliphatic rings. The molecule has 0 fully saturated rings. The van der Waals surface area contributed by atoms with E-state index in [1.165, 1.54) is 4.88 Å². The number of thiophene rings is 1. The molecule has 0 unspecified atom stereocenters. The van der Waals surface area contributed by atoms with Crippen LogP contribution in [-0.4, -0.2) is 24.0 Å². The Morgan fingerprint density at radius 3 is 2.59 bits per heavy atom. The van der Waals surface area contributed by atoms with Gasteiger partial charge in [-0.15, -0.1) is 11.3 Å². The Labute approximate surface area is 110 Å². The standard InChI is InChI=1S/C14H26N2S/c1-12(2)16(8-7-14(3,4)11-15)10-13-6-5-9-17-13/h5-6,9,12H,7-8,10-11,15H2,1-4H3. The zero-order valence-electron chi connectivity index (χ0n) is 11.6. The van der Waals surface area contributed by atoms with Crippen LogP contribution in [0.15, 0.2) is 17.5 Å². The fourth-order valence-electron chi connectivity index (χ4n) is 1.67. The molecule has 0 amide bonds. The van der Waals surface area contributed by atoms with E-state index in [1.807, 2.05) is 11.3 Å². The van der Waals surface area contributed by atoms with Crippen molar-refractivity contribution in [3.63, 3.8) is 0 Å². The Bertz CT molecular complexity index is 304. The van der Waals surface area contributed by atoms with E-state index in [0.717, 1.165) is 26.1 Å². The van der Waals surface area contributed by atoms with E-state index >= 15 is 0 Å². The maximum atomic E-state index is 5.79. The Kier molecular flexibility index (Phi) is 5.63. The van der Waals surface area contributed by atoms with Crippen LogP contribution < -0.4 is 5.73 Å². The van der Waals surface area contributed by atoms with Gasteiger partial charge in [0.2, 0.25) is 0 Å². The molecule has 0 aromatic carbocycles. The summed E-state index contributed by atoms with van der Waals surface area (Å²) >= 11 is 1.84. The molecule has 3 heteroatoms. The van der Waals surface area contributed by atoms with Gasteiger partial charge < -0.3 is 5.73 Å². The van der Waals surface area contributed by atoms with Gasteiger partial charge in [0, 0.05) is 17.5 Å². The number of rotatable bonds is 7. The van der Waals surface area contributed by atoms with Gasteiger partial charge in [0.05, 0.1) is 0 Å². The maximum absolute atomic E-state index is 5.79. The van der Waals surface area contributed by atoms with Gasteiger partial charge >= 0.3 is 0 Å². The summed E-state index contributed by atoms with van der Waals surface area (Å²) in [7, 11) is 0. The molecule has 0 radical (unpaired) electrons. The lowest BCUT2D eigenvalue weighted by atomic mass is 9.89. The van der Waals surface area contributed by atoms with Crippen LogP contribution in [0.4, 0.5) is 0 Å². The minimum atomic E-state index is 0.253. The summed E-state index contributed by atoms with van der Waals surface area (Å²) in [6.45, 7) is 12.0. The van der Waals surface area contributed by atoms with E-state index in [9.17, 15) is 0 Å². The average molecular weight is 254 g/mol. The van der Waals surface area contributed by atoms with Gasteiger partial charge in [0.1, 0.15) is 0 Å². The largest absolute Gasteiger partial charge is 0.330 e. The van der Waals surface area contributed by atoms with Gasteiger partial charge in [-0.1, -0.05) is 19.9 Å². The van der Waals surface area contributed by atoms with Gasteiger partial charge in [-0.3, -0.25) is 4.90 Å². The average Bonchev–Trinajstić information content (AvgIpc) is 2.76. The van der Waals surface area contributed by atoms with E-state index < -0.39 is 0 Å². The SMILES string of the molecule is CC(C)N(CCC(C)(C)CN)Cc1cccs1. The summed E-state index contributed by atoms with van der Waals surface area (Å²) in [5.74, 6) is 0. The molecule has 2 N–H and O–H groups in total. The molecule has 0 saturated heterocycles. The van der Waals surface area contributed by atoms with Crippen LogP contribution in [-0.2, 0) is 6.54 Å². The van der Waals surface area contributed by atoms with Crippen molar-refractivity contribution < 1.29 is 0 Å². The lowest BCUT2D eigenvalue weighted by molar-refractivity contribution is 0.178. The van der Waals surface area contributed by atoms with Crippen LogP contribution in [0.1, 0.15) is 39.0 Å². The lowest BCUT2D eigenvalue weighted by Crippen LogP contribution is -2.35. The Hall–Kier alpha value is -0.380. The third-order valence-corrected chi connectivity index (χ3v) is 4.16. The van der Waals surface area contributed by atoms with E-state index in [-0.39, 0.29) is 5.41 Å². The van der Waals surface area contributed by atoms with Gasteiger partial charge in [-0.05, 0) is 50.2 Å². The van der Waals surface area contributed by atoms with E-state index in [4.69, 9.17) is 5.73 Å². The van der Waals surface area contributed by atoms with Gasteiger partial charge in [-0.25, -0.2) is 0 Å². The second-order valence-corrected chi connectivity index (χ2v) is 6.79. The molecule has 0 aliphatic heterocycles. The van der Waals surface area contributed by atoms with Crippen molar-refractivity contribution in [2.45, 2.75) is 46.7 Å². The summed E-state index contributed by atoms with van der Waals surface area (Å²) in [5, 5.41) is 2.15. The summed E-state index contributed by atoms with van der Waals surface area (Å²) < 4.78 is 0. The molecular weight excluding hydrogens is 228 g/mol. The summed E-state index contributed by atoms with van der Waals surface area (Å²) in [5.41, 5.74) is 6.04. The summed E-state index contributed by atoms with van der Waals surface area (Å²) in [6, 6.07) is 4.93.